The van der Waals surface area contributed by atoms with E-state index in [2.05, 4.69) is 4.98 Å². The molecule has 0 N–H and O–H groups in total. The van der Waals surface area contributed by atoms with Crippen LogP contribution >= 0.6 is 22.9 Å². The molecule has 0 atom stereocenters. The molecule has 2 nitrogen and oxygen atoms in total. The van der Waals surface area contributed by atoms with Gasteiger partial charge in [0.15, 0.2) is 4.47 Å². The fourth-order valence-electron chi connectivity index (χ4n) is 1.22. The maximum absolute atomic E-state index is 5.73. The van der Waals surface area contributed by atoms with Crippen LogP contribution in [0.5, 0.6) is 5.75 Å². The van der Waals surface area contributed by atoms with E-state index in [0.717, 1.165) is 17.0 Å². The van der Waals surface area contributed by atoms with Crippen LogP contribution in [0.25, 0.3) is 0 Å². The number of rotatable bonds is 3. The predicted molar refractivity (Wildman–Crippen MR) is 62.6 cm³/mol. The number of aromatic nitrogens is 1. The lowest BCUT2D eigenvalue weighted by Gasteiger charge is -2.06. The van der Waals surface area contributed by atoms with Crippen LogP contribution in [-0.4, -0.2) is 4.98 Å². The Balaban J connectivity index is 2.02. The van der Waals surface area contributed by atoms with Crippen LogP contribution in [0.15, 0.2) is 29.6 Å². The minimum absolute atomic E-state index is 0.466. The summed E-state index contributed by atoms with van der Waals surface area (Å²) < 4.78 is 6.18. The Hall–Kier alpha value is -1.06. The second kappa shape index (κ2) is 4.64. The largest absolute Gasteiger partial charge is 0.487 e. The molecular weight excluding hydrogens is 230 g/mol. The zero-order valence-corrected chi connectivity index (χ0v) is 9.81. The van der Waals surface area contributed by atoms with Gasteiger partial charge in [-0.05, 0) is 18.6 Å². The van der Waals surface area contributed by atoms with Gasteiger partial charge in [0.2, 0.25) is 0 Å². The Bertz CT molecular complexity index is 455. The highest BCUT2D eigenvalue weighted by Gasteiger charge is 2.02. The molecule has 0 spiro atoms. The van der Waals surface area contributed by atoms with Crippen LogP contribution in [0.2, 0.25) is 4.47 Å². The van der Waals surface area contributed by atoms with Gasteiger partial charge in [0.25, 0.3) is 0 Å². The predicted octanol–water partition coefficient (Wildman–Crippen LogP) is 3.68. The zero-order chi connectivity index (χ0) is 10.7. The van der Waals surface area contributed by atoms with Gasteiger partial charge in [0.05, 0.1) is 5.69 Å². The number of thiazole rings is 1. The van der Waals surface area contributed by atoms with Crippen molar-refractivity contribution in [1.29, 1.82) is 0 Å². The first-order valence-electron chi connectivity index (χ1n) is 4.54. The Kier molecular flexibility index (Phi) is 3.23. The van der Waals surface area contributed by atoms with Gasteiger partial charge in [-0.2, -0.15) is 0 Å². The third-order valence-corrected chi connectivity index (χ3v) is 3.02. The van der Waals surface area contributed by atoms with Crippen molar-refractivity contribution in [1.82, 2.24) is 4.98 Å². The molecule has 0 aliphatic heterocycles. The van der Waals surface area contributed by atoms with E-state index in [1.807, 2.05) is 36.6 Å². The van der Waals surface area contributed by atoms with Crippen molar-refractivity contribution in [3.8, 4) is 5.75 Å². The molecule has 15 heavy (non-hydrogen) atoms. The van der Waals surface area contributed by atoms with E-state index in [4.69, 9.17) is 16.3 Å². The lowest BCUT2D eigenvalue weighted by Crippen LogP contribution is -1.96. The monoisotopic (exact) mass is 239 g/mol. The van der Waals surface area contributed by atoms with Crippen molar-refractivity contribution in [2.75, 3.05) is 0 Å². The standard InChI is InChI=1S/C11H10ClNOS/c1-8-4-2-3-5-10(8)14-6-9-7-15-11(12)13-9/h2-5,7H,6H2,1H3. The number of ether oxygens (including phenoxy) is 1. The summed E-state index contributed by atoms with van der Waals surface area (Å²) in [7, 11) is 0. The number of nitrogens with zero attached hydrogens (tertiary/aromatic N) is 1. The van der Waals surface area contributed by atoms with Crippen molar-refractivity contribution >= 4 is 22.9 Å². The summed E-state index contributed by atoms with van der Waals surface area (Å²) >= 11 is 7.14. The molecule has 0 aliphatic carbocycles. The van der Waals surface area contributed by atoms with Gasteiger partial charge in [-0.25, -0.2) is 4.98 Å². The maximum atomic E-state index is 5.73. The Labute approximate surface area is 97.5 Å². The average molecular weight is 240 g/mol. The molecule has 0 unspecified atom stereocenters. The Morgan fingerprint density at radius 2 is 2.20 bits per heavy atom. The van der Waals surface area contributed by atoms with Crippen LogP contribution in [0.1, 0.15) is 11.3 Å². The van der Waals surface area contributed by atoms with Gasteiger partial charge < -0.3 is 4.74 Å². The van der Waals surface area contributed by atoms with E-state index >= 15 is 0 Å². The summed E-state index contributed by atoms with van der Waals surface area (Å²) in [6, 6.07) is 7.91. The number of para-hydroxylation sites is 1. The summed E-state index contributed by atoms with van der Waals surface area (Å²) in [4.78, 5) is 4.11. The average Bonchev–Trinajstić information content (AvgIpc) is 2.63. The number of halogens is 1. The molecule has 1 aromatic carbocycles. The molecule has 1 aromatic heterocycles. The van der Waals surface area contributed by atoms with Crippen LogP contribution < -0.4 is 4.74 Å². The second-order valence-corrected chi connectivity index (χ2v) is 4.59. The molecule has 0 bridgehead atoms. The molecule has 4 heteroatoms. The van der Waals surface area contributed by atoms with Crippen LogP contribution in [0.4, 0.5) is 0 Å². The van der Waals surface area contributed by atoms with Crippen molar-refractivity contribution in [3.63, 3.8) is 0 Å². The van der Waals surface area contributed by atoms with Crippen molar-refractivity contribution < 1.29 is 4.74 Å². The zero-order valence-electron chi connectivity index (χ0n) is 8.24. The van der Waals surface area contributed by atoms with Gasteiger partial charge in [0.1, 0.15) is 12.4 Å². The highest BCUT2D eigenvalue weighted by molar-refractivity contribution is 7.13. The Morgan fingerprint density at radius 1 is 1.40 bits per heavy atom. The third-order valence-electron chi connectivity index (χ3n) is 1.99. The van der Waals surface area contributed by atoms with Crippen molar-refractivity contribution in [2.45, 2.75) is 13.5 Å². The van der Waals surface area contributed by atoms with Gasteiger partial charge >= 0.3 is 0 Å². The molecule has 0 saturated heterocycles. The lowest BCUT2D eigenvalue weighted by molar-refractivity contribution is 0.300. The normalized spacial score (nSPS) is 10.3. The molecule has 0 aliphatic rings. The van der Waals surface area contributed by atoms with Crippen molar-refractivity contribution in [3.05, 3.63) is 45.4 Å². The van der Waals surface area contributed by atoms with Gasteiger partial charge in [-0.3, -0.25) is 0 Å². The van der Waals surface area contributed by atoms with Crippen LogP contribution in [0.3, 0.4) is 0 Å². The minimum atomic E-state index is 0.466. The summed E-state index contributed by atoms with van der Waals surface area (Å²) in [5, 5.41) is 1.90. The molecule has 2 aromatic rings. The highest BCUT2D eigenvalue weighted by atomic mass is 35.5. The Morgan fingerprint density at radius 3 is 2.87 bits per heavy atom. The molecule has 0 fully saturated rings. The number of hydrogen-bond acceptors (Lipinski definition) is 3. The summed E-state index contributed by atoms with van der Waals surface area (Å²) in [5.41, 5.74) is 1.99. The molecule has 0 saturated carbocycles. The topological polar surface area (TPSA) is 22.1 Å². The molecule has 1 heterocycles. The fourth-order valence-corrected chi connectivity index (χ4v) is 1.98. The third kappa shape index (κ3) is 2.70. The van der Waals surface area contributed by atoms with Gasteiger partial charge in [0, 0.05) is 5.38 Å². The first-order valence-corrected chi connectivity index (χ1v) is 5.80. The summed E-state index contributed by atoms with van der Waals surface area (Å²) in [6.45, 7) is 2.48. The summed E-state index contributed by atoms with van der Waals surface area (Å²) in [6.07, 6.45) is 0. The van der Waals surface area contributed by atoms with E-state index in [0.29, 0.717) is 11.1 Å². The van der Waals surface area contributed by atoms with Gasteiger partial charge in [-0.1, -0.05) is 29.8 Å². The smallest absolute Gasteiger partial charge is 0.183 e. The molecule has 0 amide bonds. The number of aryl methyl sites for hydroxylation is 1. The van der Waals surface area contributed by atoms with Crippen LogP contribution in [0, 0.1) is 6.92 Å². The molecule has 0 radical (unpaired) electrons. The second-order valence-electron chi connectivity index (χ2n) is 3.15. The van der Waals surface area contributed by atoms with E-state index < -0.39 is 0 Å². The van der Waals surface area contributed by atoms with Crippen molar-refractivity contribution in [2.24, 2.45) is 0 Å². The molecule has 2 rings (SSSR count). The number of hydrogen-bond donors (Lipinski definition) is 0. The molecular formula is C11H10ClNOS. The summed E-state index contributed by atoms with van der Waals surface area (Å²) in [5.74, 6) is 0.890. The van der Waals surface area contributed by atoms with Crippen LogP contribution in [-0.2, 0) is 6.61 Å². The minimum Gasteiger partial charge on any atom is -0.487 e. The van der Waals surface area contributed by atoms with E-state index in [9.17, 15) is 0 Å². The number of benzene rings is 1. The lowest BCUT2D eigenvalue weighted by atomic mass is 10.2. The fraction of sp³-hybridized carbons (Fsp3) is 0.182. The van der Waals surface area contributed by atoms with Gasteiger partial charge in [-0.15, -0.1) is 11.3 Å². The van der Waals surface area contributed by atoms with E-state index in [1.165, 1.54) is 11.3 Å². The first-order chi connectivity index (χ1) is 7.25. The quantitative estimate of drug-likeness (QED) is 0.815. The SMILES string of the molecule is Cc1ccccc1OCc1csc(Cl)n1. The molecule has 78 valence electrons. The highest BCUT2D eigenvalue weighted by Crippen LogP contribution is 2.20. The van der Waals surface area contributed by atoms with E-state index in [-0.39, 0.29) is 0 Å². The van der Waals surface area contributed by atoms with E-state index in [1.54, 1.807) is 0 Å². The maximum Gasteiger partial charge on any atom is 0.183 e. The first kappa shape index (κ1) is 10.5.